The average Bonchev–Trinajstić information content (AvgIpc) is 2.39. The third-order valence-electron chi connectivity index (χ3n) is 2.71. The van der Waals surface area contributed by atoms with Crippen molar-refractivity contribution in [1.82, 2.24) is 4.90 Å². The summed E-state index contributed by atoms with van der Waals surface area (Å²) >= 11 is 0. The number of ether oxygens (including phenoxy) is 1. The second kappa shape index (κ2) is 7.49. The molecule has 0 aliphatic rings. The summed E-state index contributed by atoms with van der Waals surface area (Å²) < 4.78 is 4.78. The molecule has 0 saturated carbocycles. The number of nitrogens with one attached hydrogen (secondary N) is 1. The van der Waals surface area contributed by atoms with Gasteiger partial charge in [-0.15, -0.1) is 0 Å². The van der Waals surface area contributed by atoms with Crippen molar-refractivity contribution < 1.29 is 14.3 Å². The largest absolute Gasteiger partial charge is 0.465 e. The third-order valence-corrected chi connectivity index (χ3v) is 2.71. The number of likely N-dealkylation sites (N-methyl/N-ethyl adjacent to an activating group) is 1. The maximum Gasteiger partial charge on any atom is 0.325 e. The van der Waals surface area contributed by atoms with Crippen molar-refractivity contribution in [3.8, 4) is 0 Å². The number of carbonyl (C=O) groups is 2. The SMILES string of the molecule is CCOC(=O)CN(C)C(=O)Nc1ccc(C(C)N)cc1. The number of hydrogen-bond donors (Lipinski definition) is 2. The third kappa shape index (κ3) is 4.89. The van der Waals surface area contributed by atoms with Crippen molar-refractivity contribution >= 4 is 17.7 Å². The van der Waals surface area contributed by atoms with Gasteiger partial charge in [0.1, 0.15) is 6.54 Å². The molecule has 1 rings (SSSR count). The van der Waals surface area contributed by atoms with E-state index in [1.54, 1.807) is 19.1 Å². The van der Waals surface area contributed by atoms with Crippen LogP contribution in [0.4, 0.5) is 10.5 Å². The predicted molar refractivity (Wildman–Crippen MR) is 77.3 cm³/mol. The lowest BCUT2D eigenvalue weighted by molar-refractivity contribution is -0.143. The molecule has 0 aromatic heterocycles. The zero-order valence-corrected chi connectivity index (χ0v) is 12.1. The number of rotatable bonds is 5. The molecule has 0 heterocycles. The molecule has 1 unspecified atom stereocenters. The number of nitrogens with zero attached hydrogens (tertiary/aromatic N) is 1. The standard InChI is InChI=1S/C14H21N3O3/c1-4-20-13(18)9-17(3)14(19)16-12-7-5-11(6-8-12)10(2)15/h5-8,10H,4,9,15H2,1-3H3,(H,16,19). The van der Waals surface area contributed by atoms with E-state index in [-0.39, 0.29) is 18.6 Å². The van der Waals surface area contributed by atoms with Crippen LogP contribution in [-0.2, 0) is 9.53 Å². The van der Waals surface area contributed by atoms with Gasteiger partial charge in [-0.05, 0) is 31.5 Å². The Morgan fingerprint density at radius 3 is 2.45 bits per heavy atom. The predicted octanol–water partition coefficient (Wildman–Crippen LogP) is 1.73. The fraction of sp³-hybridized carbons (Fsp3) is 0.429. The molecule has 0 fully saturated rings. The van der Waals surface area contributed by atoms with Crippen LogP contribution in [0, 0.1) is 0 Å². The molecule has 2 amide bonds. The first kappa shape index (κ1) is 16.0. The van der Waals surface area contributed by atoms with Crippen LogP contribution in [0.5, 0.6) is 0 Å². The summed E-state index contributed by atoms with van der Waals surface area (Å²) in [7, 11) is 1.53. The van der Waals surface area contributed by atoms with Gasteiger partial charge < -0.3 is 20.7 Å². The number of carbonyl (C=O) groups excluding carboxylic acids is 2. The normalized spacial score (nSPS) is 11.6. The van der Waals surface area contributed by atoms with Gasteiger partial charge in [-0.1, -0.05) is 12.1 Å². The molecule has 6 nitrogen and oxygen atoms in total. The highest BCUT2D eigenvalue weighted by Crippen LogP contribution is 2.14. The minimum atomic E-state index is -0.433. The van der Waals surface area contributed by atoms with Crippen LogP contribution >= 0.6 is 0 Å². The highest BCUT2D eigenvalue weighted by Gasteiger charge is 2.13. The van der Waals surface area contributed by atoms with Crippen LogP contribution < -0.4 is 11.1 Å². The fourth-order valence-corrected chi connectivity index (χ4v) is 1.56. The van der Waals surface area contributed by atoms with Gasteiger partial charge in [0.2, 0.25) is 0 Å². The summed E-state index contributed by atoms with van der Waals surface area (Å²) in [6.07, 6.45) is 0. The topological polar surface area (TPSA) is 84.7 Å². The van der Waals surface area contributed by atoms with Gasteiger partial charge in [0, 0.05) is 18.8 Å². The molecule has 0 spiro atoms. The Kier molecular flexibility index (Phi) is 5.99. The van der Waals surface area contributed by atoms with Gasteiger partial charge >= 0.3 is 12.0 Å². The average molecular weight is 279 g/mol. The summed E-state index contributed by atoms with van der Waals surface area (Å²) in [4.78, 5) is 24.4. The van der Waals surface area contributed by atoms with E-state index < -0.39 is 5.97 Å². The molecule has 0 radical (unpaired) electrons. The quantitative estimate of drug-likeness (QED) is 0.804. The van der Waals surface area contributed by atoms with Gasteiger partial charge in [0.25, 0.3) is 0 Å². The first-order chi connectivity index (χ1) is 9.43. The lowest BCUT2D eigenvalue weighted by atomic mass is 10.1. The minimum absolute atomic E-state index is 0.0498. The van der Waals surface area contributed by atoms with Crippen LogP contribution in [0.15, 0.2) is 24.3 Å². The monoisotopic (exact) mass is 279 g/mol. The molecular weight excluding hydrogens is 258 g/mol. The number of amides is 2. The smallest absolute Gasteiger partial charge is 0.325 e. The van der Waals surface area contributed by atoms with Crippen molar-refractivity contribution in [2.75, 3.05) is 25.5 Å². The van der Waals surface area contributed by atoms with Crippen molar-refractivity contribution in [1.29, 1.82) is 0 Å². The van der Waals surface area contributed by atoms with Crippen molar-refractivity contribution in [2.24, 2.45) is 5.73 Å². The van der Waals surface area contributed by atoms with E-state index in [9.17, 15) is 9.59 Å². The maximum atomic E-state index is 11.9. The number of hydrogen-bond acceptors (Lipinski definition) is 4. The lowest BCUT2D eigenvalue weighted by Gasteiger charge is -2.17. The summed E-state index contributed by atoms with van der Waals surface area (Å²) in [6.45, 7) is 3.82. The van der Waals surface area contributed by atoms with Crippen LogP contribution in [0.1, 0.15) is 25.5 Å². The first-order valence-corrected chi connectivity index (χ1v) is 6.47. The number of anilines is 1. The number of benzene rings is 1. The summed E-state index contributed by atoms with van der Waals surface area (Å²) in [5, 5.41) is 2.69. The Hall–Kier alpha value is -2.08. The summed E-state index contributed by atoms with van der Waals surface area (Å²) in [5.74, 6) is -0.433. The second-order valence-electron chi connectivity index (χ2n) is 4.50. The molecule has 6 heteroatoms. The Morgan fingerprint density at radius 1 is 1.35 bits per heavy atom. The van der Waals surface area contributed by atoms with Gasteiger partial charge in [-0.2, -0.15) is 0 Å². The van der Waals surface area contributed by atoms with Gasteiger partial charge in [0.15, 0.2) is 0 Å². The van der Waals surface area contributed by atoms with Crippen LogP contribution in [0.3, 0.4) is 0 Å². The van der Waals surface area contributed by atoms with Crippen molar-refractivity contribution in [2.45, 2.75) is 19.9 Å². The zero-order valence-electron chi connectivity index (χ0n) is 12.1. The highest BCUT2D eigenvalue weighted by molar-refractivity contribution is 5.91. The first-order valence-electron chi connectivity index (χ1n) is 6.47. The number of esters is 1. The number of urea groups is 1. The van der Waals surface area contributed by atoms with E-state index in [4.69, 9.17) is 10.5 Å². The van der Waals surface area contributed by atoms with E-state index >= 15 is 0 Å². The molecular formula is C14H21N3O3. The van der Waals surface area contributed by atoms with Crippen molar-refractivity contribution in [3.63, 3.8) is 0 Å². The molecule has 0 aliphatic heterocycles. The Bertz CT molecular complexity index is 457. The van der Waals surface area contributed by atoms with E-state index in [0.29, 0.717) is 12.3 Å². The van der Waals surface area contributed by atoms with E-state index in [1.807, 2.05) is 19.1 Å². The Labute approximate surface area is 118 Å². The molecule has 110 valence electrons. The number of nitrogens with two attached hydrogens (primary N) is 1. The lowest BCUT2D eigenvalue weighted by Crippen LogP contribution is -2.36. The molecule has 1 aromatic rings. The molecule has 1 atom stereocenters. The zero-order chi connectivity index (χ0) is 15.1. The molecule has 3 N–H and O–H groups in total. The second-order valence-corrected chi connectivity index (χ2v) is 4.50. The molecule has 0 bridgehead atoms. The molecule has 0 aliphatic carbocycles. The highest BCUT2D eigenvalue weighted by atomic mass is 16.5. The van der Waals surface area contributed by atoms with Crippen LogP contribution in [-0.4, -0.2) is 37.1 Å². The van der Waals surface area contributed by atoms with E-state index in [1.165, 1.54) is 11.9 Å². The van der Waals surface area contributed by atoms with Crippen LogP contribution in [0.2, 0.25) is 0 Å². The van der Waals surface area contributed by atoms with Gasteiger partial charge in [-0.25, -0.2) is 4.79 Å². The van der Waals surface area contributed by atoms with Crippen molar-refractivity contribution in [3.05, 3.63) is 29.8 Å². The van der Waals surface area contributed by atoms with E-state index in [0.717, 1.165) is 5.56 Å². The summed E-state index contributed by atoms with van der Waals surface area (Å²) in [6, 6.07) is 6.83. The van der Waals surface area contributed by atoms with Crippen LogP contribution in [0.25, 0.3) is 0 Å². The summed E-state index contributed by atoms with van der Waals surface area (Å²) in [5.41, 5.74) is 7.39. The Balaban J connectivity index is 2.54. The fourth-order valence-electron chi connectivity index (χ4n) is 1.56. The Morgan fingerprint density at radius 2 is 1.95 bits per heavy atom. The van der Waals surface area contributed by atoms with Gasteiger partial charge in [0.05, 0.1) is 6.61 Å². The maximum absolute atomic E-state index is 11.9. The molecule has 1 aromatic carbocycles. The molecule has 20 heavy (non-hydrogen) atoms. The van der Waals surface area contributed by atoms with E-state index in [2.05, 4.69) is 5.32 Å². The molecule has 0 saturated heterocycles. The van der Waals surface area contributed by atoms with Gasteiger partial charge in [-0.3, -0.25) is 4.79 Å². The minimum Gasteiger partial charge on any atom is -0.465 e.